The Hall–Kier alpha value is -0.890. The van der Waals surface area contributed by atoms with Crippen LogP contribution in [0.15, 0.2) is 18.3 Å². The molecule has 2 unspecified atom stereocenters. The molecule has 1 heterocycles. The summed E-state index contributed by atoms with van der Waals surface area (Å²) < 4.78 is 0. The number of pyridine rings is 1. The van der Waals surface area contributed by atoms with E-state index in [1.54, 1.807) is 0 Å². The van der Waals surface area contributed by atoms with Crippen LogP contribution in [0.25, 0.3) is 0 Å². The Kier molecular flexibility index (Phi) is 3.37. The zero-order valence-corrected chi connectivity index (χ0v) is 9.66. The lowest BCUT2D eigenvalue weighted by Crippen LogP contribution is -2.26. The molecule has 2 atom stereocenters. The molecule has 1 N–H and O–H groups in total. The maximum Gasteiger partial charge on any atom is 0.0570 e. The molecule has 1 aromatic heterocycles. The minimum atomic E-state index is 0.710. The predicted molar refractivity (Wildman–Crippen MR) is 62.6 cm³/mol. The fraction of sp³-hybridized carbons (Fsp3) is 0.615. The lowest BCUT2D eigenvalue weighted by molar-refractivity contribution is 0.498. The largest absolute Gasteiger partial charge is 0.308 e. The summed E-state index contributed by atoms with van der Waals surface area (Å²) in [5.41, 5.74) is 2.48. The van der Waals surface area contributed by atoms with Gasteiger partial charge < -0.3 is 5.32 Å². The molecule has 2 heteroatoms. The van der Waals surface area contributed by atoms with Gasteiger partial charge >= 0.3 is 0 Å². The van der Waals surface area contributed by atoms with Gasteiger partial charge in [-0.05, 0) is 43.7 Å². The average molecular weight is 204 g/mol. The van der Waals surface area contributed by atoms with Crippen LogP contribution in [0, 0.1) is 12.8 Å². The van der Waals surface area contributed by atoms with E-state index >= 15 is 0 Å². The third kappa shape index (κ3) is 2.78. The quantitative estimate of drug-likeness (QED) is 0.818. The van der Waals surface area contributed by atoms with Crippen LogP contribution in [0.3, 0.4) is 0 Å². The third-order valence-electron chi connectivity index (χ3n) is 3.37. The van der Waals surface area contributed by atoms with E-state index in [0.29, 0.717) is 6.04 Å². The first-order chi connectivity index (χ1) is 7.25. The molecule has 1 fully saturated rings. The van der Waals surface area contributed by atoms with Gasteiger partial charge in [-0.25, -0.2) is 0 Å². The van der Waals surface area contributed by atoms with Crippen LogP contribution in [0.2, 0.25) is 0 Å². The van der Waals surface area contributed by atoms with E-state index in [2.05, 4.69) is 30.2 Å². The van der Waals surface area contributed by atoms with Crippen molar-refractivity contribution in [1.29, 1.82) is 0 Å². The van der Waals surface area contributed by atoms with E-state index in [0.717, 1.165) is 12.5 Å². The molecular formula is C13H20N2. The Labute approximate surface area is 92.1 Å². The molecule has 0 saturated heterocycles. The fourth-order valence-corrected chi connectivity index (χ4v) is 2.34. The SMILES string of the molecule is Cc1cccnc1CNC1CCC(C)C1. The van der Waals surface area contributed by atoms with Gasteiger partial charge in [0.15, 0.2) is 0 Å². The van der Waals surface area contributed by atoms with Gasteiger partial charge in [-0.1, -0.05) is 13.0 Å². The zero-order chi connectivity index (χ0) is 10.7. The van der Waals surface area contributed by atoms with Crippen LogP contribution in [0.1, 0.15) is 37.4 Å². The first kappa shape index (κ1) is 10.6. The predicted octanol–water partition coefficient (Wildman–Crippen LogP) is 2.67. The van der Waals surface area contributed by atoms with Crippen molar-refractivity contribution in [1.82, 2.24) is 10.3 Å². The van der Waals surface area contributed by atoms with E-state index in [-0.39, 0.29) is 0 Å². The molecule has 1 aliphatic carbocycles. The molecule has 0 spiro atoms. The average Bonchev–Trinajstić information content (AvgIpc) is 2.63. The summed E-state index contributed by atoms with van der Waals surface area (Å²) in [6.07, 6.45) is 5.90. The Balaban J connectivity index is 1.86. The fourth-order valence-electron chi connectivity index (χ4n) is 2.34. The lowest BCUT2D eigenvalue weighted by atomic mass is 10.1. The molecule has 15 heavy (non-hydrogen) atoms. The Morgan fingerprint density at radius 2 is 2.33 bits per heavy atom. The topological polar surface area (TPSA) is 24.9 Å². The van der Waals surface area contributed by atoms with Crippen LogP contribution < -0.4 is 5.32 Å². The summed E-state index contributed by atoms with van der Waals surface area (Å²) in [5.74, 6) is 0.896. The Morgan fingerprint density at radius 3 is 3.00 bits per heavy atom. The van der Waals surface area contributed by atoms with Crippen molar-refractivity contribution in [2.24, 2.45) is 5.92 Å². The number of hydrogen-bond donors (Lipinski definition) is 1. The standard InChI is InChI=1S/C13H20N2/c1-10-5-6-12(8-10)15-9-13-11(2)4-3-7-14-13/h3-4,7,10,12,15H,5-6,8-9H2,1-2H3. The molecule has 82 valence electrons. The monoisotopic (exact) mass is 204 g/mol. The molecule has 2 nitrogen and oxygen atoms in total. The second-order valence-corrected chi connectivity index (χ2v) is 4.76. The highest BCUT2D eigenvalue weighted by Gasteiger charge is 2.20. The Bertz CT molecular complexity index is 322. The summed E-state index contributed by atoms with van der Waals surface area (Å²) in [5, 5.41) is 3.61. The summed E-state index contributed by atoms with van der Waals surface area (Å²) >= 11 is 0. The highest BCUT2D eigenvalue weighted by atomic mass is 14.9. The number of nitrogens with one attached hydrogen (secondary N) is 1. The third-order valence-corrected chi connectivity index (χ3v) is 3.37. The van der Waals surface area contributed by atoms with E-state index in [4.69, 9.17) is 0 Å². The van der Waals surface area contributed by atoms with Crippen molar-refractivity contribution in [2.75, 3.05) is 0 Å². The highest BCUT2D eigenvalue weighted by molar-refractivity contribution is 5.17. The van der Waals surface area contributed by atoms with Crippen molar-refractivity contribution in [3.05, 3.63) is 29.6 Å². The van der Waals surface area contributed by atoms with Crippen LogP contribution in [-0.4, -0.2) is 11.0 Å². The van der Waals surface area contributed by atoms with Gasteiger partial charge in [0.05, 0.1) is 5.69 Å². The summed E-state index contributed by atoms with van der Waals surface area (Å²) in [6, 6.07) is 4.83. The van der Waals surface area contributed by atoms with Crippen molar-refractivity contribution >= 4 is 0 Å². The lowest BCUT2D eigenvalue weighted by Gasteiger charge is -2.12. The van der Waals surface area contributed by atoms with E-state index in [9.17, 15) is 0 Å². The van der Waals surface area contributed by atoms with Crippen molar-refractivity contribution in [3.63, 3.8) is 0 Å². The number of rotatable bonds is 3. The van der Waals surface area contributed by atoms with Crippen LogP contribution in [0.4, 0.5) is 0 Å². The minimum Gasteiger partial charge on any atom is -0.308 e. The molecule has 0 amide bonds. The van der Waals surface area contributed by atoms with Gasteiger partial charge in [0.25, 0.3) is 0 Å². The molecule has 1 saturated carbocycles. The molecule has 0 aromatic carbocycles. The Morgan fingerprint density at radius 1 is 1.47 bits per heavy atom. The number of aromatic nitrogens is 1. The van der Waals surface area contributed by atoms with E-state index < -0.39 is 0 Å². The van der Waals surface area contributed by atoms with Crippen LogP contribution in [0.5, 0.6) is 0 Å². The molecule has 0 bridgehead atoms. The van der Waals surface area contributed by atoms with Gasteiger partial charge in [-0.15, -0.1) is 0 Å². The summed E-state index contributed by atoms with van der Waals surface area (Å²) in [6.45, 7) is 5.39. The van der Waals surface area contributed by atoms with Crippen LogP contribution >= 0.6 is 0 Å². The van der Waals surface area contributed by atoms with Crippen molar-refractivity contribution in [3.8, 4) is 0 Å². The molecule has 1 aliphatic rings. The number of aryl methyl sites for hydroxylation is 1. The molecular weight excluding hydrogens is 184 g/mol. The van der Waals surface area contributed by atoms with Gasteiger partial charge in [0.1, 0.15) is 0 Å². The second kappa shape index (κ2) is 4.75. The van der Waals surface area contributed by atoms with Crippen LogP contribution in [-0.2, 0) is 6.54 Å². The maximum absolute atomic E-state index is 4.40. The highest BCUT2D eigenvalue weighted by Crippen LogP contribution is 2.24. The maximum atomic E-state index is 4.40. The van der Waals surface area contributed by atoms with Crippen molar-refractivity contribution < 1.29 is 0 Å². The second-order valence-electron chi connectivity index (χ2n) is 4.76. The summed E-state index contributed by atoms with van der Waals surface area (Å²) in [4.78, 5) is 4.40. The number of hydrogen-bond acceptors (Lipinski definition) is 2. The summed E-state index contributed by atoms with van der Waals surface area (Å²) in [7, 11) is 0. The van der Waals surface area contributed by atoms with Gasteiger partial charge in [-0.3, -0.25) is 4.98 Å². The smallest absolute Gasteiger partial charge is 0.0570 e. The zero-order valence-electron chi connectivity index (χ0n) is 9.66. The molecule has 2 rings (SSSR count). The van der Waals surface area contributed by atoms with Crippen molar-refractivity contribution in [2.45, 2.75) is 45.7 Å². The van der Waals surface area contributed by atoms with E-state index in [1.807, 2.05) is 12.3 Å². The molecule has 0 radical (unpaired) electrons. The van der Waals surface area contributed by atoms with Gasteiger partial charge in [0.2, 0.25) is 0 Å². The first-order valence-corrected chi connectivity index (χ1v) is 5.89. The van der Waals surface area contributed by atoms with E-state index in [1.165, 1.54) is 30.5 Å². The number of nitrogens with zero attached hydrogens (tertiary/aromatic N) is 1. The normalized spacial score (nSPS) is 25.7. The molecule has 1 aromatic rings. The minimum absolute atomic E-state index is 0.710. The van der Waals surface area contributed by atoms with Gasteiger partial charge in [-0.2, -0.15) is 0 Å². The molecule has 0 aliphatic heterocycles. The van der Waals surface area contributed by atoms with Gasteiger partial charge in [0, 0.05) is 18.8 Å². The first-order valence-electron chi connectivity index (χ1n) is 5.89.